The van der Waals surface area contributed by atoms with E-state index >= 15 is 0 Å². The van der Waals surface area contributed by atoms with Gasteiger partial charge in [-0.05, 0) is 74.9 Å². The molecule has 0 amide bonds. The second-order valence-corrected chi connectivity index (χ2v) is 15.5. The van der Waals surface area contributed by atoms with Crippen LogP contribution in [-0.2, 0) is 20.2 Å². The van der Waals surface area contributed by atoms with Crippen LogP contribution in [0.2, 0.25) is 0 Å². The van der Waals surface area contributed by atoms with Gasteiger partial charge in [-0.2, -0.15) is 10.4 Å². The van der Waals surface area contributed by atoms with Crippen LogP contribution in [0.25, 0.3) is 16.8 Å². The Labute approximate surface area is 254 Å². The number of hydrogen-bond donors (Lipinski definition) is 1. The van der Waals surface area contributed by atoms with Crippen molar-refractivity contribution < 1.29 is 18.3 Å². The van der Waals surface area contributed by atoms with Crippen LogP contribution in [-0.4, -0.2) is 53.7 Å². The number of carbonyl (C=O) groups is 1. The van der Waals surface area contributed by atoms with Crippen molar-refractivity contribution in [3.63, 3.8) is 0 Å². The Morgan fingerprint density at radius 3 is 2.42 bits per heavy atom. The number of rotatable bonds is 8. The Kier molecular flexibility index (Phi) is 7.72. The molecule has 1 saturated heterocycles. The zero-order valence-corrected chi connectivity index (χ0v) is 25.8. The molecule has 2 aliphatic carbocycles. The summed E-state index contributed by atoms with van der Waals surface area (Å²) in [6, 6.07) is 18.3. The van der Waals surface area contributed by atoms with Gasteiger partial charge in [0.25, 0.3) is 0 Å². The van der Waals surface area contributed by atoms with Crippen molar-refractivity contribution in [2.45, 2.75) is 70.3 Å². The Bertz CT molecular complexity index is 1650. The van der Waals surface area contributed by atoms with Crippen LogP contribution in [0.5, 0.6) is 0 Å². The van der Waals surface area contributed by atoms with Gasteiger partial charge in [0.2, 0.25) is 0 Å². The summed E-state index contributed by atoms with van der Waals surface area (Å²) in [6.07, 6.45) is 7.65. The number of aliphatic hydroxyl groups is 1. The van der Waals surface area contributed by atoms with Crippen molar-refractivity contribution in [3.8, 4) is 22.9 Å². The summed E-state index contributed by atoms with van der Waals surface area (Å²) >= 11 is 0. The molecular formula is C34H40N4O4S. The standard InChI is InChI=1S/C34H40N4O4S/c1-33(2,40)25-6-5-7-27(20-25)38-22-30(24-10-12-26(13-11-24)37-16-18-43(41,42)19-17-37)32(36-38)29-9-4-3-8-28(29)31(39)21-34(23-35)14-15-34/h5-7,10-13,20,22,28-29,40H,3-4,8-9,14-19,21H2,1-2H3/t28-,29-/m1/s1. The average molecular weight is 601 g/mol. The summed E-state index contributed by atoms with van der Waals surface area (Å²) in [5.74, 6) is 0.304. The Balaban J connectivity index is 1.37. The number of sulfone groups is 1. The molecule has 3 aliphatic rings. The molecule has 2 atom stereocenters. The van der Waals surface area contributed by atoms with Gasteiger partial charge in [0.05, 0.1) is 40.0 Å². The SMILES string of the molecule is CC(C)(O)c1cccc(-n2cc(-c3ccc(N4CCS(=O)(=O)CC4)cc3)c([C@@H]3CCCC[C@H]3C(=O)CC3(C#N)CC3)n2)c1. The highest BCUT2D eigenvalue weighted by Gasteiger charge is 2.47. The fourth-order valence-electron chi connectivity index (χ4n) is 6.65. The first-order chi connectivity index (χ1) is 20.5. The molecule has 8 nitrogen and oxygen atoms in total. The lowest BCUT2D eigenvalue weighted by molar-refractivity contribution is -0.125. The maximum absolute atomic E-state index is 13.7. The molecule has 0 radical (unpaired) electrons. The number of Topliss-reactive ketones (excluding diaryl/α,β-unsaturated/α-hetero) is 1. The van der Waals surface area contributed by atoms with Gasteiger partial charge in [0.15, 0.2) is 9.84 Å². The minimum atomic E-state index is -2.96. The predicted octanol–water partition coefficient (Wildman–Crippen LogP) is 5.54. The van der Waals surface area contributed by atoms with Gasteiger partial charge in [-0.3, -0.25) is 4.79 Å². The van der Waals surface area contributed by atoms with Crippen LogP contribution >= 0.6 is 0 Å². The topological polar surface area (TPSA) is 116 Å². The summed E-state index contributed by atoms with van der Waals surface area (Å²) in [6.45, 7) is 4.49. The predicted molar refractivity (Wildman–Crippen MR) is 167 cm³/mol. The van der Waals surface area contributed by atoms with Gasteiger partial charge in [-0.15, -0.1) is 0 Å². The number of hydrogen-bond acceptors (Lipinski definition) is 7. The highest BCUT2D eigenvalue weighted by Crippen LogP contribution is 2.51. The van der Waals surface area contributed by atoms with Gasteiger partial charge in [0, 0.05) is 48.8 Å². The third kappa shape index (κ3) is 6.27. The molecule has 3 fully saturated rings. The highest BCUT2D eigenvalue weighted by molar-refractivity contribution is 7.91. The second-order valence-electron chi connectivity index (χ2n) is 13.2. The number of benzene rings is 2. The number of ketones is 1. The minimum absolute atomic E-state index is 0.0450. The fraction of sp³-hybridized carbons (Fsp3) is 0.500. The Morgan fingerprint density at radius 1 is 1.07 bits per heavy atom. The largest absolute Gasteiger partial charge is 0.386 e. The quantitative estimate of drug-likeness (QED) is 0.361. The van der Waals surface area contributed by atoms with Gasteiger partial charge >= 0.3 is 0 Å². The molecule has 9 heteroatoms. The van der Waals surface area contributed by atoms with Crippen molar-refractivity contribution >= 4 is 21.3 Å². The molecule has 0 spiro atoms. The van der Waals surface area contributed by atoms with E-state index in [2.05, 4.69) is 23.1 Å². The van der Waals surface area contributed by atoms with Crippen LogP contribution in [0.4, 0.5) is 5.69 Å². The van der Waals surface area contributed by atoms with E-state index in [4.69, 9.17) is 5.10 Å². The van der Waals surface area contributed by atoms with Crippen LogP contribution in [0, 0.1) is 22.7 Å². The van der Waals surface area contributed by atoms with Gasteiger partial charge in [0.1, 0.15) is 5.78 Å². The first-order valence-electron chi connectivity index (χ1n) is 15.4. The first kappa shape index (κ1) is 29.6. The normalized spacial score (nSPS) is 23.0. The highest BCUT2D eigenvalue weighted by atomic mass is 32.2. The molecule has 2 heterocycles. The van der Waals surface area contributed by atoms with Gasteiger partial charge < -0.3 is 10.0 Å². The number of nitrogens with zero attached hydrogens (tertiary/aromatic N) is 4. The zero-order chi connectivity index (χ0) is 30.4. The monoisotopic (exact) mass is 600 g/mol. The summed E-state index contributed by atoms with van der Waals surface area (Å²) < 4.78 is 25.7. The number of aromatic nitrogens is 2. The summed E-state index contributed by atoms with van der Waals surface area (Å²) in [5, 5.41) is 25.5. The van der Waals surface area contributed by atoms with Crippen LogP contribution in [0.1, 0.15) is 76.0 Å². The third-order valence-corrected chi connectivity index (χ3v) is 11.2. The van der Waals surface area contributed by atoms with E-state index in [-0.39, 0.29) is 29.1 Å². The number of anilines is 1. The van der Waals surface area contributed by atoms with Gasteiger partial charge in [-0.1, -0.05) is 37.1 Å². The van der Waals surface area contributed by atoms with E-state index < -0.39 is 20.9 Å². The molecule has 2 saturated carbocycles. The molecule has 1 aromatic heterocycles. The molecule has 0 bridgehead atoms. The molecule has 3 aromatic rings. The second kappa shape index (κ2) is 11.2. The Hall–Kier alpha value is -3.48. The Morgan fingerprint density at radius 2 is 1.77 bits per heavy atom. The lowest BCUT2D eigenvalue weighted by atomic mass is 9.72. The van der Waals surface area contributed by atoms with Crippen molar-refractivity contribution in [1.29, 1.82) is 5.26 Å². The van der Waals surface area contributed by atoms with Crippen LogP contribution in [0.15, 0.2) is 54.7 Å². The molecule has 0 unspecified atom stereocenters. The van der Waals surface area contributed by atoms with E-state index in [1.54, 1.807) is 13.8 Å². The van der Waals surface area contributed by atoms with Crippen molar-refractivity contribution in [2.75, 3.05) is 29.5 Å². The minimum Gasteiger partial charge on any atom is -0.386 e. The zero-order valence-electron chi connectivity index (χ0n) is 25.0. The molecular weight excluding hydrogens is 560 g/mol. The molecule has 226 valence electrons. The summed E-state index contributed by atoms with van der Waals surface area (Å²) in [7, 11) is -2.96. The molecule has 1 N–H and O–H groups in total. The van der Waals surface area contributed by atoms with Gasteiger partial charge in [-0.25, -0.2) is 13.1 Å². The van der Waals surface area contributed by atoms with Crippen molar-refractivity contribution in [3.05, 3.63) is 66.0 Å². The van der Waals surface area contributed by atoms with E-state index in [1.807, 2.05) is 47.3 Å². The molecule has 2 aromatic carbocycles. The summed E-state index contributed by atoms with van der Waals surface area (Å²) in [5.41, 5.74) is 3.98. The lowest BCUT2D eigenvalue weighted by Gasteiger charge is -2.31. The first-order valence-corrected chi connectivity index (χ1v) is 17.2. The maximum atomic E-state index is 13.7. The van der Waals surface area contributed by atoms with Crippen LogP contribution in [0.3, 0.4) is 0 Å². The molecule has 6 rings (SSSR count). The third-order valence-electron chi connectivity index (χ3n) is 9.58. The van der Waals surface area contributed by atoms with E-state index in [9.17, 15) is 23.6 Å². The number of nitriles is 1. The van der Waals surface area contributed by atoms with Crippen LogP contribution < -0.4 is 4.90 Å². The maximum Gasteiger partial charge on any atom is 0.153 e. The average Bonchev–Trinajstić information content (AvgIpc) is 3.63. The molecule has 1 aliphatic heterocycles. The lowest BCUT2D eigenvalue weighted by Crippen LogP contribution is -2.40. The van der Waals surface area contributed by atoms with E-state index in [0.717, 1.165) is 72.3 Å². The number of carbonyl (C=O) groups excluding carboxylic acids is 1. The van der Waals surface area contributed by atoms with Crippen molar-refractivity contribution in [2.24, 2.45) is 11.3 Å². The van der Waals surface area contributed by atoms with E-state index in [1.165, 1.54) is 0 Å². The van der Waals surface area contributed by atoms with E-state index in [0.29, 0.717) is 19.5 Å². The smallest absolute Gasteiger partial charge is 0.153 e. The summed E-state index contributed by atoms with van der Waals surface area (Å²) in [4.78, 5) is 15.8. The fourth-order valence-corrected chi connectivity index (χ4v) is 7.86. The molecule has 43 heavy (non-hydrogen) atoms. The van der Waals surface area contributed by atoms with Crippen molar-refractivity contribution in [1.82, 2.24) is 9.78 Å².